The zero-order chi connectivity index (χ0) is 9.26. The van der Waals surface area contributed by atoms with Gasteiger partial charge in [-0.3, -0.25) is 0 Å². The van der Waals surface area contributed by atoms with Gasteiger partial charge in [0.15, 0.2) is 0 Å². The van der Waals surface area contributed by atoms with E-state index in [0.29, 0.717) is 5.75 Å². The number of hydrogen-bond donors (Lipinski definition) is 1. The summed E-state index contributed by atoms with van der Waals surface area (Å²) in [6.45, 7) is 1.71. The van der Waals surface area contributed by atoms with Crippen molar-refractivity contribution in [1.29, 1.82) is 0 Å². The molecule has 1 aliphatic heterocycles. The number of benzene rings is 1. The highest BCUT2D eigenvalue weighted by Gasteiger charge is 2.15. The molecule has 1 aromatic carbocycles. The minimum absolute atomic E-state index is 0.351. The van der Waals surface area contributed by atoms with Gasteiger partial charge in [-0.1, -0.05) is 6.07 Å². The zero-order valence-corrected chi connectivity index (χ0v) is 7.66. The van der Waals surface area contributed by atoms with Gasteiger partial charge in [0.05, 0.1) is 7.11 Å². The molecule has 0 bridgehead atoms. The Balaban J connectivity index is 2.26. The van der Waals surface area contributed by atoms with Gasteiger partial charge in [-0.15, -0.1) is 0 Å². The fraction of sp³-hybridized carbons (Fsp3) is 0.400. The van der Waals surface area contributed by atoms with E-state index in [4.69, 9.17) is 4.84 Å². The molecule has 1 N–H and O–H groups in total. The molecule has 0 radical (unpaired) electrons. The summed E-state index contributed by atoms with van der Waals surface area (Å²) in [6.07, 6.45) is 0.942. The number of hydroxylamine groups is 2. The van der Waals surface area contributed by atoms with Crippen LogP contribution < -0.4 is 0 Å². The van der Waals surface area contributed by atoms with Crippen LogP contribution >= 0.6 is 0 Å². The summed E-state index contributed by atoms with van der Waals surface area (Å²) in [7, 11) is 1.69. The highest BCUT2D eigenvalue weighted by atomic mass is 16.7. The van der Waals surface area contributed by atoms with E-state index in [9.17, 15) is 5.11 Å². The number of phenolic OH excluding ortho intramolecular Hbond substituents is 1. The second-order valence-electron chi connectivity index (χ2n) is 3.25. The smallest absolute Gasteiger partial charge is 0.115 e. The van der Waals surface area contributed by atoms with Crippen molar-refractivity contribution in [2.75, 3.05) is 13.7 Å². The molecule has 13 heavy (non-hydrogen) atoms. The summed E-state index contributed by atoms with van der Waals surface area (Å²) >= 11 is 0. The highest BCUT2D eigenvalue weighted by Crippen LogP contribution is 2.22. The van der Waals surface area contributed by atoms with Gasteiger partial charge in [-0.25, -0.2) is 0 Å². The Morgan fingerprint density at radius 2 is 2.23 bits per heavy atom. The van der Waals surface area contributed by atoms with Crippen LogP contribution in [0.2, 0.25) is 0 Å². The highest BCUT2D eigenvalue weighted by molar-refractivity contribution is 5.36. The van der Waals surface area contributed by atoms with Crippen LogP contribution in [0.1, 0.15) is 11.1 Å². The molecule has 0 aromatic heterocycles. The van der Waals surface area contributed by atoms with Crippen molar-refractivity contribution >= 4 is 0 Å². The van der Waals surface area contributed by atoms with Gasteiger partial charge >= 0.3 is 0 Å². The van der Waals surface area contributed by atoms with E-state index in [1.54, 1.807) is 13.2 Å². The average molecular weight is 179 g/mol. The Hall–Kier alpha value is -1.06. The van der Waals surface area contributed by atoms with Crippen molar-refractivity contribution in [3.63, 3.8) is 0 Å². The molecule has 2 rings (SSSR count). The van der Waals surface area contributed by atoms with Crippen LogP contribution in [0.5, 0.6) is 5.75 Å². The molecule has 0 fully saturated rings. The van der Waals surface area contributed by atoms with E-state index < -0.39 is 0 Å². The fourth-order valence-corrected chi connectivity index (χ4v) is 1.67. The minimum atomic E-state index is 0.351. The van der Waals surface area contributed by atoms with E-state index >= 15 is 0 Å². The van der Waals surface area contributed by atoms with Crippen LogP contribution in [-0.4, -0.2) is 23.8 Å². The summed E-state index contributed by atoms with van der Waals surface area (Å²) in [5, 5.41) is 11.2. The van der Waals surface area contributed by atoms with Crippen LogP contribution in [0, 0.1) is 0 Å². The standard InChI is InChI=1S/C10H13NO2/c1-13-11-5-4-8-6-10(12)3-2-9(8)7-11/h2-3,6,12H,4-5,7H2,1H3. The third-order valence-corrected chi connectivity index (χ3v) is 2.43. The number of nitrogens with zero attached hydrogens (tertiary/aromatic N) is 1. The number of fused-ring (bicyclic) bond motifs is 1. The molecule has 3 heteroatoms. The summed E-state index contributed by atoms with van der Waals surface area (Å²) in [6, 6.07) is 5.51. The maximum atomic E-state index is 9.27. The maximum absolute atomic E-state index is 9.27. The van der Waals surface area contributed by atoms with Crippen molar-refractivity contribution in [1.82, 2.24) is 5.06 Å². The largest absolute Gasteiger partial charge is 0.508 e. The van der Waals surface area contributed by atoms with E-state index in [1.165, 1.54) is 11.1 Å². The second kappa shape index (κ2) is 3.36. The van der Waals surface area contributed by atoms with Crippen LogP contribution in [0.25, 0.3) is 0 Å². The minimum Gasteiger partial charge on any atom is -0.508 e. The lowest BCUT2D eigenvalue weighted by molar-refractivity contribution is -0.142. The molecule has 0 unspecified atom stereocenters. The maximum Gasteiger partial charge on any atom is 0.115 e. The van der Waals surface area contributed by atoms with Crippen LogP contribution in [0.3, 0.4) is 0 Å². The molecule has 0 spiro atoms. The number of phenols is 1. The van der Waals surface area contributed by atoms with Crippen molar-refractivity contribution < 1.29 is 9.94 Å². The molecule has 0 saturated heterocycles. The molecule has 0 amide bonds. The zero-order valence-electron chi connectivity index (χ0n) is 7.66. The Morgan fingerprint density at radius 3 is 3.00 bits per heavy atom. The molecule has 0 atom stereocenters. The van der Waals surface area contributed by atoms with Crippen LogP contribution in [0.15, 0.2) is 18.2 Å². The monoisotopic (exact) mass is 179 g/mol. The number of aromatic hydroxyl groups is 1. The SMILES string of the molecule is CON1CCc2cc(O)ccc2C1. The lowest BCUT2D eigenvalue weighted by atomic mass is 10.0. The van der Waals surface area contributed by atoms with Crippen molar-refractivity contribution in [2.24, 2.45) is 0 Å². The first-order valence-corrected chi connectivity index (χ1v) is 4.39. The van der Waals surface area contributed by atoms with Gasteiger partial charge < -0.3 is 9.94 Å². The normalized spacial score (nSPS) is 17.0. The summed E-state index contributed by atoms with van der Waals surface area (Å²) in [5.41, 5.74) is 2.47. The Morgan fingerprint density at radius 1 is 1.38 bits per heavy atom. The predicted octanol–water partition coefficient (Wildman–Crippen LogP) is 1.31. The van der Waals surface area contributed by atoms with Crippen molar-refractivity contribution in [3.05, 3.63) is 29.3 Å². The summed E-state index contributed by atoms with van der Waals surface area (Å²) in [4.78, 5) is 5.15. The average Bonchev–Trinajstić information content (AvgIpc) is 2.17. The first kappa shape index (κ1) is 8.53. The quantitative estimate of drug-likeness (QED) is 0.705. The van der Waals surface area contributed by atoms with E-state index in [0.717, 1.165) is 19.5 Å². The Kier molecular flexibility index (Phi) is 2.20. The molecular formula is C10H13NO2. The van der Waals surface area contributed by atoms with Gasteiger partial charge in [0.25, 0.3) is 0 Å². The first-order valence-electron chi connectivity index (χ1n) is 4.39. The second-order valence-corrected chi connectivity index (χ2v) is 3.25. The van der Waals surface area contributed by atoms with Crippen LogP contribution in [0.4, 0.5) is 0 Å². The first-order chi connectivity index (χ1) is 6.29. The molecule has 1 aromatic rings. The van der Waals surface area contributed by atoms with Gasteiger partial charge in [-0.05, 0) is 29.7 Å². The van der Waals surface area contributed by atoms with Gasteiger partial charge in [0.2, 0.25) is 0 Å². The number of rotatable bonds is 1. The van der Waals surface area contributed by atoms with Crippen molar-refractivity contribution in [2.45, 2.75) is 13.0 Å². The van der Waals surface area contributed by atoms with Crippen LogP contribution in [-0.2, 0) is 17.8 Å². The Labute approximate surface area is 77.5 Å². The lowest BCUT2D eigenvalue weighted by Gasteiger charge is -2.26. The molecule has 0 aliphatic carbocycles. The fourth-order valence-electron chi connectivity index (χ4n) is 1.67. The number of hydrogen-bond acceptors (Lipinski definition) is 3. The lowest BCUT2D eigenvalue weighted by Crippen LogP contribution is -2.29. The third-order valence-electron chi connectivity index (χ3n) is 2.43. The molecule has 0 saturated carbocycles. The predicted molar refractivity (Wildman–Crippen MR) is 49.2 cm³/mol. The van der Waals surface area contributed by atoms with Gasteiger partial charge in [0.1, 0.15) is 5.75 Å². The summed E-state index contributed by atoms with van der Waals surface area (Å²) < 4.78 is 0. The molecule has 1 aliphatic rings. The van der Waals surface area contributed by atoms with Gasteiger partial charge in [-0.2, -0.15) is 5.06 Å². The molecule has 3 nitrogen and oxygen atoms in total. The molecule has 1 heterocycles. The topological polar surface area (TPSA) is 32.7 Å². The summed E-state index contributed by atoms with van der Waals surface area (Å²) in [5.74, 6) is 0.351. The molecular weight excluding hydrogens is 166 g/mol. The van der Waals surface area contributed by atoms with E-state index in [-0.39, 0.29) is 0 Å². The van der Waals surface area contributed by atoms with Gasteiger partial charge in [0, 0.05) is 13.1 Å². The Bertz CT molecular complexity index is 312. The third kappa shape index (κ3) is 1.66. The van der Waals surface area contributed by atoms with E-state index in [2.05, 4.69) is 0 Å². The van der Waals surface area contributed by atoms with E-state index in [1.807, 2.05) is 17.2 Å². The molecule has 70 valence electrons. The van der Waals surface area contributed by atoms with Crippen molar-refractivity contribution in [3.8, 4) is 5.75 Å².